The van der Waals surface area contributed by atoms with Crippen molar-refractivity contribution in [2.24, 2.45) is 5.92 Å². The van der Waals surface area contributed by atoms with Crippen LogP contribution in [0.4, 0.5) is 0 Å². The summed E-state index contributed by atoms with van der Waals surface area (Å²) in [5, 5.41) is 3.07. The van der Waals surface area contributed by atoms with Crippen LogP contribution >= 0.6 is 11.8 Å². The van der Waals surface area contributed by atoms with Gasteiger partial charge in [0.2, 0.25) is 10.0 Å². The molecule has 2 rings (SSSR count). The molecule has 1 fully saturated rings. The monoisotopic (exact) mass is 328 g/mol. The molecular weight excluding hydrogens is 304 g/mol. The molecule has 0 aromatic heterocycles. The van der Waals surface area contributed by atoms with Gasteiger partial charge in [-0.1, -0.05) is 12.1 Å². The lowest BCUT2D eigenvalue weighted by Gasteiger charge is -2.22. The highest BCUT2D eigenvalue weighted by Gasteiger charge is 2.21. The summed E-state index contributed by atoms with van der Waals surface area (Å²) in [6.45, 7) is 3.10. The fraction of sp³-hybridized carbons (Fsp3) is 0.600. The molecule has 1 aliphatic rings. The summed E-state index contributed by atoms with van der Waals surface area (Å²) >= 11 is 1.95. The van der Waals surface area contributed by atoms with Gasteiger partial charge in [0.15, 0.2) is 0 Å². The molecule has 2 N–H and O–H groups in total. The summed E-state index contributed by atoms with van der Waals surface area (Å²) < 4.78 is 27.8. The van der Waals surface area contributed by atoms with Gasteiger partial charge < -0.3 is 5.32 Å². The van der Waals surface area contributed by atoms with Crippen molar-refractivity contribution < 1.29 is 8.42 Å². The molecule has 1 aromatic carbocycles. The van der Waals surface area contributed by atoms with Crippen LogP contribution in [0, 0.1) is 12.8 Å². The van der Waals surface area contributed by atoms with E-state index in [1.807, 2.05) is 37.9 Å². The zero-order valence-electron chi connectivity index (χ0n) is 12.7. The molecule has 1 aromatic rings. The highest BCUT2D eigenvalue weighted by atomic mass is 32.2. The van der Waals surface area contributed by atoms with E-state index in [9.17, 15) is 8.42 Å². The minimum absolute atomic E-state index is 0.403. The van der Waals surface area contributed by atoms with Crippen LogP contribution in [0.1, 0.15) is 24.0 Å². The van der Waals surface area contributed by atoms with Crippen LogP contribution < -0.4 is 10.0 Å². The molecule has 1 heterocycles. The lowest BCUT2D eigenvalue weighted by molar-refractivity contribution is 0.476. The molecule has 1 saturated heterocycles. The van der Waals surface area contributed by atoms with Crippen molar-refractivity contribution in [3.63, 3.8) is 0 Å². The number of hydrogen-bond donors (Lipinski definition) is 2. The van der Waals surface area contributed by atoms with Crippen molar-refractivity contribution in [2.75, 3.05) is 25.1 Å². The van der Waals surface area contributed by atoms with Crippen LogP contribution in [-0.4, -0.2) is 33.5 Å². The maximum Gasteiger partial charge on any atom is 0.240 e. The Balaban J connectivity index is 2.09. The molecule has 118 valence electrons. The first kappa shape index (κ1) is 16.8. The Bertz CT molecular complexity index is 567. The molecule has 0 bridgehead atoms. The lowest BCUT2D eigenvalue weighted by Crippen LogP contribution is -2.31. The molecule has 0 spiro atoms. The number of nitrogens with one attached hydrogen (secondary N) is 2. The van der Waals surface area contributed by atoms with Gasteiger partial charge in [0, 0.05) is 13.1 Å². The maximum atomic E-state index is 12.5. The first-order valence-corrected chi connectivity index (χ1v) is 9.99. The zero-order valence-corrected chi connectivity index (χ0v) is 14.3. The molecule has 21 heavy (non-hydrogen) atoms. The van der Waals surface area contributed by atoms with Crippen molar-refractivity contribution in [1.29, 1.82) is 0 Å². The minimum atomic E-state index is -3.42. The summed E-state index contributed by atoms with van der Waals surface area (Å²) in [6.07, 6.45) is 2.21. The van der Waals surface area contributed by atoms with Crippen molar-refractivity contribution in [1.82, 2.24) is 10.0 Å². The third-order valence-electron chi connectivity index (χ3n) is 3.96. The van der Waals surface area contributed by atoms with Crippen LogP contribution in [0.15, 0.2) is 23.1 Å². The fourth-order valence-electron chi connectivity index (χ4n) is 2.59. The van der Waals surface area contributed by atoms with E-state index in [0.717, 1.165) is 35.5 Å². The van der Waals surface area contributed by atoms with Crippen molar-refractivity contribution in [3.8, 4) is 0 Å². The average molecular weight is 329 g/mol. The van der Waals surface area contributed by atoms with Crippen LogP contribution in [0.5, 0.6) is 0 Å². The Kier molecular flexibility index (Phi) is 6.10. The molecule has 0 aliphatic carbocycles. The van der Waals surface area contributed by atoms with E-state index < -0.39 is 10.0 Å². The Morgan fingerprint density at radius 3 is 2.67 bits per heavy atom. The molecule has 0 unspecified atom stereocenters. The summed E-state index contributed by atoms with van der Waals surface area (Å²) in [5.41, 5.74) is 1.85. The fourth-order valence-corrected chi connectivity index (χ4v) is 5.20. The second-order valence-electron chi connectivity index (χ2n) is 5.48. The third kappa shape index (κ3) is 4.45. The van der Waals surface area contributed by atoms with E-state index in [4.69, 9.17) is 0 Å². The number of benzene rings is 1. The molecule has 0 radical (unpaired) electrons. The zero-order chi connectivity index (χ0) is 15.3. The van der Waals surface area contributed by atoms with Crippen LogP contribution in [0.2, 0.25) is 0 Å². The molecular formula is C15H24N2O2S2. The molecule has 4 nitrogen and oxygen atoms in total. The SMILES string of the molecule is CNCc1cccc(S(=O)(=O)NCC2CCSCC2)c1C. The van der Waals surface area contributed by atoms with Gasteiger partial charge in [-0.2, -0.15) is 11.8 Å². The van der Waals surface area contributed by atoms with Crippen LogP contribution in [-0.2, 0) is 16.6 Å². The molecule has 0 atom stereocenters. The van der Waals surface area contributed by atoms with Crippen LogP contribution in [0.3, 0.4) is 0 Å². The predicted octanol–water partition coefficient (Wildman–Crippen LogP) is 2.14. The summed E-state index contributed by atoms with van der Waals surface area (Å²) in [5.74, 6) is 2.76. The Morgan fingerprint density at radius 1 is 1.29 bits per heavy atom. The quantitative estimate of drug-likeness (QED) is 0.840. The Hall–Kier alpha value is -0.560. The lowest BCUT2D eigenvalue weighted by atomic mass is 10.0. The number of hydrogen-bond acceptors (Lipinski definition) is 4. The summed E-state index contributed by atoms with van der Waals surface area (Å²) in [7, 11) is -1.55. The van der Waals surface area contributed by atoms with E-state index in [2.05, 4.69) is 10.0 Å². The number of thioether (sulfide) groups is 1. The van der Waals surface area contributed by atoms with E-state index in [1.54, 1.807) is 6.07 Å². The van der Waals surface area contributed by atoms with Gasteiger partial charge in [-0.05, 0) is 61.4 Å². The largest absolute Gasteiger partial charge is 0.316 e. The Morgan fingerprint density at radius 2 is 2.00 bits per heavy atom. The number of sulfonamides is 1. The molecule has 0 amide bonds. The van der Waals surface area contributed by atoms with E-state index in [-0.39, 0.29) is 0 Å². The van der Waals surface area contributed by atoms with Gasteiger partial charge >= 0.3 is 0 Å². The molecule has 1 aliphatic heterocycles. The predicted molar refractivity (Wildman–Crippen MR) is 89.2 cm³/mol. The maximum absolute atomic E-state index is 12.5. The van der Waals surface area contributed by atoms with Gasteiger partial charge in [-0.15, -0.1) is 0 Å². The van der Waals surface area contributed by atoms with Crippen molar-refractivity contribution in [2.45, 2.75) is 31.2 Å². The first-order chi connectivity index (χ1) is 10.0. The highest BCUT2D eigenvalue weighted by Crippen LogP contribution is 2.23. The third-order valence-corrected chi connectivity index (χ3v) is 6.57. The van der Waals surface area contributed by atoms with Crippen LogP contribution in [0.25, 0.3) is 0 Å². The van der Waals surface area contributed by atoms with Crippen molar-refractivity contribution in [3.05, 3.63) is 29.3 Å². The number of rotatable bonds is 6. The van der Waals surface area contributed by atoms with Gasteiger partial charge in [0.25, 0.3) is 0 Å². The van der Waals surface area contributed by atoms with Crippen molar-refractivity contribution >= 4 is 21.8 Å². The standard InChI is InChI=1S/C15H24N2O2S2/c1-12-14(11-16-2)4-3-5-15(12)21(18,19)17-10-13-6-8-20-9-7-13/h3-5,13,16-17H,6-11H2,1-2H3. The summed E-state index contributed by atoms with van der Waals surface area (Å²) in [6, 6.07) is 5.46. The first-order valence-electron chi connectivity index (χ1n) is 7.35. The average Bonchev–Trinajstić information content (AvgIpc) is 2.48. The van der Waals surface area contributed by atoms with E-state index in [1.165, 1.54) is 0 Å². The van der Waals surface area contributed by atoms with Gasteiger partial charge in [-0.25, -0.2) is 13.1 Å². The molecule has 0 saturated carbocycles. The molecule has 6 heteroatoms. The van der Waals surface area contributed by atoms with E-state index in [0.29, 0.717) is 23.9 Å². The second-order valence-corrected chi connectivity index (χ2v) is 8.44. The topological polar surface area (TPSA) is 58.2 Å². The van der Waals surface area contributed by atoms with Gasteiger partial charge in [0.05, 0.1) is 4.90 Å². The van der Waals surface area contributed by atoms with E-state index >= 15 is 0 Å². The van der Waals surface area contributed by atoms with Gasteiger partial charge in [-0.3, -0.25) is 0 Å². The summed E-state index contributed by atoms with van der Waals surface area (Å²) in [4.78, 5) is 0.403. The second kappa shape index (κ2) is 7.63. The normalized spacial score (nSPS) is 17.0. The highest BCUT2D eigenvalue weighted by molar-refractivity contribution is 7.99. The van der Waals surface area contributed by atoms with Gasteiger partial charge in [0.1, 0.15) is 0 Å². The Labute approximate surface area is 132 Å². The minimum Gasteiger partial charge on any atom is -0.316 e. The smallest absolute Gasteiger partial charge is 0.240 e.